The summed E-state index contributed by atoms with van der Waals surface area (Å²) in [5.41, 5.74) is 1.90. The Bertz CT molecular complexity index is 534. The SMILES string of the molecule is CC(C)C(C)(C)CNc1nnc2ccccc2n1. The number of benzene rings is 1. The highest BCUT2D eigenvalue weighted by molar-refractivity contribution is 5.73. The summed E-state index contributed by atoms with van der Waals surface area (Å²) in [4.78, 5) is 4.45. The molecule has 1 N–H and O–H groups in total. The molecule has 0 radical (unpaired) electrons. The van der Waals surface area contributed by atoms with Crippen molar-refractivity contribution in [3.8, 4) is 0 Å². The van der Waals surface area contributed by atoms with Crippen LogP contribution >= 0.6 is 0 Å². The number of anilines is 1. The Morgan fingerprint density at radius 2 is 1.78 bits per heavy atom. The zero-order valence-electron chi connectivity index (χ0n) is 11.4. The van der Waals surface area contributed by atoms with E-state index in [2.05, 4.69) is 48.2 Å². The monoisotopic (exact) mass is 244 g/mol. The smallest absolute Gasteiger partial charge is 0.243 e. The summed E-state index contributed by atoms with van der Waals surface area (Å²) < 4.78 is 0. The number of fused-ring (bicyclic) bond motifs is 1. The second kappa shape index (κ2) is 4.88. The van der Waals surface area contributed by atoms with Gasteiger partial charge in [-0.3, -0.25) is 0 Å². The van der Waals surface area contributed by atoms with Gasteiger partial charge in [0.15, 0.2) is 0 Å². The van der Waals surface area contributed by atoms with E-state index in [4.69, 9.17) is 0 Å². The van der Waals surface area contributed by atoms with Crippen LogP contribution in [0.4, 0.5) is 5.95 Å². The first-order valence-electron chi connectivity index (χ1n) is 6.32. The van der Waals surface area contributed by atoms with E-state index >= 15 is 0 Å². The molecule has 1 aromatic heterocycles. The first kappa shape index (κ1) is 12.7. The maximum Gasteiger partial charge on any atom is 0.243 e. The summed E-state index contributed by atoms with van der Waals surface area (Å²) in [7, 11) is 0. The fraction of sp³-hybridized carbons (Fsp3) is 0.500. The van der Waals surface area contributed by atoms with Crippen molar-refractivity contribution in [2.24, 2.45) is 11.3 Å². The minimum Gasteiger partial charge on any atom is -0.352 e. The van der Waals surface area contributed by atoms with Crippen LogP contribution in [0, 0.1) is 11.3 Å². The molecule has 0 fully saturated rings. The zero-order chi connectivity index (χ0) is 13.2. The van der Waals surface area contributed by atoms with Crippen molar-refractivity contribution < 1.29 is 0 Å². The molecule has 0 saturated heterocycles. The first-order chi connectivity index (χ1) is 8.49. The van der Waals surface area contributed by atoms with Gasteiger partial charge in [0.2, 0.25) is 5.95 Å². The lowest BCUT2D eigenvalue weighted by Gasteiger charge is -2.29. The lowest BCUT2D eigenvalue weighted by Crippen LogP contribution is -2.29. The molecule has 2 rings (SSSR count). The average molecular weight is 244 g/mol. The number of hydrogen-bond acceptors (Lipinski definition) is 4. The highest BCUT2D eigenvalue weighted by Crippen LogP contribution is 2.25. The maximum absolute atomic E-state index is 4.45. The number of nitrogens with one attached hydrogen (secondary N) is 1. The fourth-order valence-electron chi connectivity index (χ4n) is 1.47. The van der Waals surface area contributed by atoms with Crippen molar-refractivity contribution in [2.45, 2.75) is 27.7 Å². The van der Waals surface area contributed by atoms with E-state index in [0.717, 1.165) is 17.6 Å². The fourth-order valence-corrected chi connectivity index (χ4v) is 1.47. The lowest BCUT2D eigenvalue weighted by atomic mass is 9.81. The summed E-state index contributed by atoms with van der Waals surface area (Å²) in [5, 5.41) is 11.5. The van der Waals surface area contributed by atoms with Gasteiger partial charge in [0.05, 0.1) is 5.52 Å². The molecule has 0 unspecified atom stereocenters. The Kier molecular flexibility index (Phi) is 3.45. The Balaban J connectivity index is 2.13. The van der Waals surface area contributed by atoms with E-state index in [1.54, 1.807) is 0 Å². The van der Waals surface area contributed by atoms with Gasteiger partial charge < -0.3 is 5.32 Å². The number of rotatable bonds is 4. The van der Waals surface area contributed by atoms with E-state index in [-0.39, 0.29) is 5.41 Å². The van der Waals surface area contributed by atoms with Crippen molar-refractivity contribution in [1.82, 2.24) is 15.2 Å². The van der Waals surface area contributed by atoms with Crippen molar-refractivity contribution >= 4 is 17.0 Å². The van der Waals surface area contributed by atoms with Gasteiger partial charge in [-0.2, -0.15) is 0 Å². The Labute approximate surface area is 108 Å². The standard InChI is InChI=1S/C14H20N4/c1-10(2)14(3,4)9-15-13-16-11-7-5-6-8-12(11)17-18-13/h5-8,10H,9H2,1-4H3,(H,15,16,18). The number of nitrogens with zero attached hydrogens (tertiary/aromatic N) is 3. The Morgan fingerprint density at radius 3 is 2.44 bits per heavy atom. The molecule has 0 aliphatic carbocycles. The van der Waals surface area contributed by atoms with E-state index < -0.39 is 0 Å². The number of para-hydroxylation sites is 1. The van der Waals surface area contributed by atoms with Crippen molar-refractivity contribution in [3.63, 3.8) is 0 Å². The van der Waals surface area contributed by atoms with Crippen molar-refractivity contribution in [2.75, 3.05) is 11.9 Å². The molecular weight excluding hydrogens is 224 g/mol. The molecule has 4 heteroatoms. The third-order valence-electron chi connectivity index (χ3n) is 3.63. The van der Waals surface area contributed by atoms with Crippen LogP contribution in [0.25, 0.3) is 11.0 Å². The van der Waals surface area contributed by atoms with Crippen LogP contribution in [0.2, 0.25) is 0 Å². The topological polar surface area (TPSA) is 50.7 Å². The lowest BCUT2D eigenvalue weighted by molar-refractivity contribution is 0.269. The van der Waals surface area contributed by atoms with Gasteiger partial charge in [0, 0.05) is 6.54 Å². The van der Waals surface area contributed by atoms with E-state index in [1.807, 2.05) is 24.3 Å². The van der Waals surface area contributed by atoms with Crippen LogP contribution in [-0.2, 0) is 0 Å². The first-order valence-corrected chi connectivity index (χ1v) is 6.32. The zero-order valence-corrected chi connectivity index (χ0v) is 11.4. The van der Waals surface area contributed by atoms with Gasteiger partial charge in [0.1, 0.15) is 5.52 Å². The molecule has 4 nitrogen and oxygen atoms in total. The summed E-state index contributed by atoms with van der Waals surface area (Å²) in [6.45, 7) is 9.76. The molecule has 96 valence electrons. The molecule has 1 aromatic carbocycles. The minimum atomic E-state index is 0.203. The predicted octanol–water partition coefficient (Wildman–Crippen LogP) is 3.12. The summed E-state index contributed by atoms with van der Waals surface area (Å²) in [6.07, 6.45) is 0. The number of aromatic nitrogens is 3. The van der Waals surface area contributed by atoms with Gasteiger partial charge in [0.25, 0.3) is 0 Å². The molecule has 0 bridgehead atoms. The maximum atomic E-state index is 4.45. The average Bonchev–Trinajstić information content (AvgIpc) is 2.36. The van der Waals surface area contributed by atoms with Crippen LogP contribution in [0.15, 0.2) is 24.3 Å². The molecule has 0 aliphatic heterocycles. The molecule has 1 heterocycles. The highest BCUT2D eigenvalue weighted by Gasteiger charge is 2.22. The molecule has 0 spiro atoms. The second-order valence-corrected chi connectivity index (χ2v) is 5.62. The predicted molar refractivity (Wildman–Crippen MR) is 74.4 cm³/mol. The van der Waals surface area contributed by atoms with Crippen LogP contribution < -0.4 is 5.32 Å². The third-order valence-corrected chi connectivity index (χ3v) is 3.63. The Hall–Kier alpha value is -1.71. The third kappa shape index (κ3) is 2.75. The second-order valence-electron chi connectivity index (χ2n) is 5.62. The van der Waals surface area contributed by atoms with Gasteiger partial charge >= 0.3 is 0 Å². The van der Waals surface area contributed by atoms with Gasteiger partial charge in [-0.1, -0.05) is 39.8 Å². The number of hydrogen-bond donors (Lipinski definition) is 1. The van der Waals surface area contributed by atoms with Crippen LogP contribution in [-0.4, -0.2) is 21.7 Å². The van der Waals surface area contributed by atoms with E-state index in [0.29, 0.717) is 11.9 Å². The summed E-state index contributed by atoms with van der Waals surface area (Å²) in [5.74, 6) is 1.20. The quantitative estimate of drug-likeness (QED) is 0.897. The Morgan fingerprint density at radius 1 is 1.11 bits per heavy atom. The normalized spacial score (nSPS) is 12.1. The van der Waals surface area contributed by atoms with Crippen LogP contribution in [0.5, 0.6) is 0 Å². The van der Waals surface area contributed by atoms with E-state index in [1.165, 1.54) is 0 Å². The largest absolute Gasteiger partial charge is 0.352 e. The molecular formula is C14H20N4. The highest BCUT2D eigenvalue weighted by atomic mass is 15.2. The molecule has 0 saturated carbocycles. The summed E-state index contributed by atoms with van der Waals surface area (Å²) >= 11 is 0. The molecule has 0 aliphatic rings. The van der Waals surface area contributed by atoms with Gasteiger partial charge in [-0.25, -0.2) is 4.98 Å². The van der Waals surface area contributed by atoms with E-state index in [9.17, 15) is 0 Å². The van der Waals surface area contributed by atoms with Crippen molar-refractivity contribution in [3.05, 3.63) is 24.3 Å². The van der Waals surface area contributed by atoms with Gasteiger partial charge in [-0.15, -0.1) is 10.2 Å². The van der Waals surface area contributed by atoms with Crippen LogP contribution in [0.3, 0.4) is 0 Å². The molecule has 18 heavy (non-hydrogen) atoms. The van der Waals surface area contributed by atoms with Crippen LogP contribution in [0.1, 0.15) is 27.7 Å². The molecule has 0 amide bonds. The minimum absolute atomic E-state index is 0.203. The summed E-state index contributed by atoms with van der Waals surface area (Å²) in [6, 6.07) is 7.76. The van der Waals surface area contributed by atoms with Gasteiger partial charge in [-0.05, 0) is 23.5 Å². The molecule has 2 aromatic rings. The van der Waals surface area contributed by atoms with Crippen molar-refractivity contribution in [1.29, 1.82) is 0 Å². The molecule has 0 atom stereocenters.